The van der Waals surface area contributed by atoms with Crippen LogP contribution in [0, 0.1) is 0 Å². The Hall–Kier alpha value is -4.65. The lowest BCUT2D eigenvalue weighted by atomic mass is 10.1. The van der Waals surface area contributed by atoms with Gasteiger partial charge in [-0.25, -0.2) is 0 Å². The average Bonchev–Trinajstić information content (AvgIpc) is 2.96. The first-order valence-electron chi connectivity index (χ1n) is 12.8. The molecule has 0 bridgehead atoms. The number of nitrogens with one attached hydrogen (secondary N) is 1. The van der Waals surface area contributed by atoms with Gasteiger partial charge in [0.15, 0.2) is 0 Å². The van der Waals surface area contributed by atoms with E-state index < -0.39 is 35.2 Å². The van der Waals surface area contributed by atoms with Crippen molar-refractivity contribution in [3.63, 3.8) is 0 Å². The van der Waals surface area contributed by atoms with Crippen molar-refractivity contribution < 1.29 is 38.9 Å². The highest BCUT2D eigenvalue weighted by Crippen LogP contribution is 2.38. The number of rotatable bonds is 7. The second-order valence-electron chi connectivity index (χ2n) is 9.50. The van der Waals surface area contributed by atoms with Crippen LogP contribution in [0.4, 0.5) is 28.4 Å². The predicted octanol–water partition coefficient (Wildman–Crippen LogP) is 5.49. The number of hydrogen-bond acceptors (Lipinski definition) is 11. The van der Waals surface area contributed by atoms with Gasteiger partial charge in [-0.2, -0.15) is 25.3 Å². The largest absolute Gasteiger partial charge is 0.399 e. The highest BCUT2D eigenvalue weighted by molar-refractivity contribution is 7.86. The summed E-state index contributed by atoms with van der Waals surface area (Å²) in [5, 5.41) is 11.7. The molecule has 17 heteroatoms. The molecule has 0 amide bonds. The molecule has 5 rings (SSSR count). The van der Waals surface area contributed by atoms with Crippen LogP contribution >= 0.6 is 0 Å². The first-order chi connectivity index (χ1) is 21.0. The molecule has 0 spiro atoms. The zero-order valence-electron chi connectivity index (χ0n) is 23.1. The molecule has 8 N–H and O–H groups in total. The summed E-state index contributed by atoms with van der Waals surface area (Å²) in [5.41, 5.74) is 12.7. The normalized spacial score (nSPS) is 13.7. The molecule has 0 saturated carbocycles. The Morgan fingerprint density at radius 3 is 1.89 bits per heavy atom. The third kappa shape index (κ3) is 8.50. The van der Waals surface area contributed by atoms with Crippen LogP contribution in [0.2, 0.25) is 0 Å². The summed E-state index contributed by atoms with van der Waals surface area (Å²) in [4.78, 5) is -0.990. The van der Waals surface area contributed by atoms with Gasteiger partial charge in [0, 0.05) is 33.5 Å². The van der Waals surface area contributed by atoms with Crippen LogP contribution < -0.4 is 16.8 Å². The van der Waals surface area contributed by atoms with Crippen molar-refractivity contribution in [1.82, 2.24) is 0 Å². The number of nitrogens with zero attached hydrogens (tertiary/aromatic N) is 2. The summed E-state index contributed by atoms with van der Waals surface area (Å²) in [6, 6.07) is 16.5. The maximum Gasteiger partial charge on any atom is 0.296 e. The van der Waals surface area contributed by atoms with E-state index in [0.29, 0.717) is 16.8 Å². The van der Waals surface area contributed by atoms with Gasteiger partial charge in [-0.3, -0.25) is 13.7 Å². The molecule has 0 fully saturated rings. The Morgan fingerprint density at radius 2 is 1.29 bits per heavy atom. The summed E-state index contributed by atoms with van der Waals surface area (Å²) in [7, 11) is -13.3. The molecule has 0 unspecified atom stereocenters. The molecule has 14 nitrogen and oxygen atoms in total. The third-order valence-electron chi connectivity index (χ3n) is 6.24. The quantitative estimate of drug-likeness (QED) is 0.0809. The molecule has 0 aliphatic heterocycles. The summed E-state index contributed by atoms with van der Waals surface area (Å²) in [5.74, 6) is 0. The summed E-state index contributed by atoms with van der Waals surface area (Å²) in [6.07, 6.45) is 7.55. The number of hydrogen-bond donors (Lipinski definition) is 6. The van der Waals surface area contributed by atoms with Gasteiger partial charge in [0.1, 0.15) is 15.5 Å². The maximum atomic E-state index is 12.1. The Labute approximate surface area is 259 Å². The standard InChI is InChI=1S/C22H20N4O6S2.C6H7NO3S/c23-14-9-10-18(21(13-14)34(30,31)32)26-25-17-11-12-19(24-15-5-2-1-3-6-15)22-16(17)7-4-8-20(22)33(27,28)29;7-5-1-3-6(4-2-5)11(8,9)10/h2,4-13,24H,1,3,23H2,(H,27,28,29)(H,30,31,32);1-4H,7H2,(H,8,9,10). The monoisotopic (exact) mass is 673 g/mol. The van der Waals surface area contributed by atoms with Crippen molar-refractivity contribution in [1.29, 1.82) is 0 Å². The number of nitrogens with two attached hydrogens (primary N) is 2. The Kier molecular flexibility index (Phi) is 9.71. The molecule has 4 aromatic carbocycles. The van der Waals surface area contributed by atoms with E-state index in [-0.39, 0.29) is 32.2 Å². The van der Waals surface area contributed by atoms with Gasteiger partial charge in [0.2, 0.25) is 0 Å². The van der Waals surface area contributed by atoms with Crippen molar-refractivity contribution in [3.05, 3.63) is 96.7 Å². The van der Waals surface area contributed by atoms with E-state index in [1.807, 2.05) is 18.2 Å². The van der Waals surface area contributed by atoms with E-state index in [1.54, 1.807) is 18.2 Å². The van der Waals surface area contributed by atoms with Gasteiger partial charge >= 0.3 is 0 Å². The SMILES string of the molecule is Nc1ccc(N=Nc2ccc(NC3=CCCC=C3)c3c(S(=O)(=O)O)cccc23)c(S(=O)(=O)O)c1.Nc1ccc(S(=O)(=O)O)cc1. The average molecular weight is 674 g/mol. The number of nitrogen functional groups attached to an aromatic ring is 2. The summed E-state index contributed by atoms with van der Waals surface area (Å²) in [6.45, 7) is 0. The van der Waals surface area contributed by atoms with Crippen LogP contribution in [0.5, 0.6) is 0 Å². The zero-order chi connectivity index (χ0) is 33.0. The molecule has 45 heavy (non-hydrogen) atoms. The Balaban J connectivity index is 0.000000354. The van der Waals surface area contributed by atoms with E-state index in [4.69, 9.17) is 16.0 Å². The van der Waals surface area contributed by atoms with Gasteiger partial charge in [0.05, 0.1) is 10.6 Å². The number of allylic oxidation sites excluding steroid dienone is 3. The number of benzene rings is 4. The van der Waals surface area contributed by atoms with Gasteiger partial charge in [-0.1, -0.05) is 24.3 Å². The van der Waals surface area contributed by atoms with Crippen LogP contribution in [0.25, 0.3) is 10.8 Å². The van der Waals surface area contributed by atoms with Crippen LogP contribution in [0.3, 0.4) is 0 Å². The molecular weight excluding hydrogens is 647 g/mol. The Morgan fingerprint density at radius 1 is 0.667 bits per heavy atom. The third-order valence-corrected chi connectivity index (χ3v) is 8.88. The summed E-state index contributed by atoms with van der Waals surface area (Å²) >= 11 is 0. The molecular formula is C28H27N5O9S3. The van der Waals surface area contributed by atoms with Crippen molar-refractivity contribution in [2.24, 2.45) is 10.2 Å². The maximum absolute atomic E-state index is 12.1. The fourth-order valence-electron chi connectivity index (χ4n) is 4.19. The molecule has 4 aromatic rings. The molecule has 0 atom stereocenters. The minimum absolute atomic E-state index is 0.108. The number of azo groups is 1. The highest BCUT2D eigenvalue weighted by atomic mass is 32.2. The van der Waals surface area contributed by atoms with Crippen molar-refractivity contribution in [3.8, 4) is 0 Å². The van der Waals surface area contributed by atoms with E-state index >= 15 is 0 Å². The van der Waals surface area contributed by atoms with E-state index in [0.717, 1.165) is 24.6 Å². The minimum atomic E-state index is -4.62. The van der Waals surface area contributed by atoms with E-state index in [2.05, 4.69) is 15.5 Å². The minimum Gasteiger partial charge on any atom is -0.399 e. The van der Waals surface area contributed by atoms with E-state index in [1.165, 1.54) is 48.5 Å². The van der Waals surface area contributed by atoms with Crippen molar-refractivity contribution in [2.45, 2.75) is 27.5 Å². The molecule has 1 aliphatic rings. The summed E-state index contributed by atoms with van der Waals surface area (Å²) < 4.78 is 96.4. The van der Waals surface area contributed by atoms with E-state index in [9.17, 15) is 34.4 Å². The van der Waals surface area contributed by atoms with Gasteiger partial charge in [0.25, 0.3) is 30.4 Å². The fraction of sp³-hybridized carbons (Fsp3) is 0.0714. The lowest BCUT2D eigenvalue weighted by molar-refractivity contribution is 0.481. The number of fused-ring (bicyclic) bond motifs is 1. The molecule has 0 radical (unpaired) electrons. The second kappa shape index (κ2) is 13.1. The van der Waals surface area contributed by atoms with Crippen molar-refractivity contribution in [2.75, 3.05) is 16.8 Å². The van der Waals surface area contributed by atoms with Crippen LogP contribution in [-0.4, -0.2) is 38.9 Å². The lowest BCUT2D eigenvalue weighted by Crippen LogP contribution is -2.04. The molecule has 0 heterocycles. The smallest absolute Gasteiger partial charge is 0.296 e. The molecule has 1 aliphatic carbocycles. The van der Waals surface area contributed by atoms with Crippen LogP contribution in [0.15, 0.2) is 122 Å². The molecule has 0 aromatic heterocycles. The van der Waals surface area contributed by atoms with Crippen LogP contribution in [-0.2, 0) is 30.4 Å². The van der Waals surface area contributed by atoms with Gasteiger partial charge in [-0.15, -0.1) is 10.2 Å². The topological polar surface area (TPSA) is 252 Å². The van der Waals surface area contributed by atoms with Gasteiger partial charge < -0.3 is 16.8 Å². The first-order valence-corrected chi connectivity index (χ1v) is 17.1. The zero-order valence-corrected chi connectivity index (χ0v) is 25.6. The molecule has 0 saturated heterocycles. The predicted molar refractivity (Wildman–Crippen MR) is 169 cm³/mol. The lowest BCUT2D eigenvalue weighted by Gasteiger charge is -2.15. The number of anilines is 3. The highest BCUT2D eigenvalue weighted by Gasteiger charge is 2.20. The van der Waals surface area contributed by atoms with Crippen LogP contribution in [0.1, 0.15) is 12.8 Å². The molecule has 236 valence electrons. The second-order valence-corrected chi connectivity index (χ2v) is 13.7. The first kappa shape index (κ1) is 33.2. The Bertz CT molecular complexity index is 2180. The fourth-order valence-corrected chi connectivity index (χ4v) is 6.06. The van der Waals surface area contributed by atoms with Crippen molar-refractivity contribution >= 4 is 69.6 Å². The van der Waals surface area contributed by atoms with Gasteiger partial charge in [-0.05, 0) is 79.6 Å².